The number of aryl methyl sites for hydroxylation is 1. The van der Waals surface area contributed by atoms with Crippen molar-refractivity contribution in [2.75, 3.05) is 7.05 Å². The molecule has 3 N–H and O–H groups in total. The Morgan fingerprint density at radius 1 is 1.00 bits per heavy atom. The lowest BCUT2D eigenvalue weighted by molar-refractivity contribution is -0.120. The van der Waals surface area contributed by atoms with Crippen LogP contribution in [0.15, 0.2) is 73.1 Å². The zero-order valence-corrected chi connectivity index (χ0v) is 21.8. The molecule has 0 saturated carbocycles. The molecule has 0 spiro atoms. The molecule has 0 bridgehead atoms. The second-order valence-electron chi connectivity index (χ2n) is 9.17. The van der Waals surface area contributed by atoms with Crippen LogP contribution >= 0.6 is 0 Å². The minimum absolute atomic E-state index is 0.0360. The van der Waals surface area contributed by atoms with Crippen molar-refractivity contribution in [2.45, 2.75) is 44.8 Å². The number of nitrogens with zero attached hydrogens (tertiary/aromatic N) is 3. The third kappa shape index (κ3) is 7.55. The van der Waals surface area contributed by atoms with Gasteiger partial charge in [0.05, 0.1) is 23.6 Å². The molecule has 0 aliphatic carbocycles. The number of carbonyl (C=O) groups is 2. The number of H-pyrrole nitrogens is 1. The normalized spacial score (nSPS) is 11.6. The predicted molar refractivity (Wildman–Crippen MR) is 146 cm³/mol. The fraction of sp³-hybridized carbons (Fsp3) is 0.310. The number of benzene rings is 2. The minimum atomic E-state index is -0.498. The fourth-order valence-corrected chi connectivity index (χ4v) is 4.17. The van der Waals surface area contributed by atoms with Gasteiger partial charge >= 0.3 is 6.09 Å². The Hall–Kier alpha value is -4.40. The summed E-state index contributed by atoms with van der Waals surface area (Å²) in [6.07, 6.45) is 6.84. The van der Waals surface area contributed by atoms with Crippen molar-refractivity contribution < 1.29 is 14.3 Å². The molecular formula is C29H34N6O3. The summed E-state index contributed by atoms with van der Waals surface area (Å²) in [5.41, 5.74) is 4.71. The smallest absolute Gasteiger partial charge is 0.408 e. The summed E-state index contributed by atoms with van der Waals surface area (Å²) in [7, 11) is 3.54. The molecule has 0 saturated heterocycles. The maximum atomic E-state index is 12.6. The molecule has 198 valence electrons. The van der Waals surface area contributed by atoms with Crippen LogP contribution in [0.4, 0.5) is 4.79 Å². The maximum absolute atomic E-state index is 12.6. The summed E-state index contributed by atoms with van der Waals surface area (Å²) in [5.74, 6) is 0.700. The molecule has 2 heterocycles. The Bertz CT molecular complexity index is 1310. The number of aromatic nitrogens is 4. The van der Waals surface area contributed by atoms with Crippen LogP contribution in [0.3, 0.4) is 0 Å². The number of carbonyl (C=O) groups excluding carboxylic acids is 2. The fourth-order valence-electron chi connectivity index (χ4n) is 4.17. The average molecular weight is 515 g/mol. The van der Waals surface area contributed by atoms with Gasteiger partial charge in [0.2, 0.25) is 5.91 Å². The van der Waals surface area contributed by atoms with E-state index in [2.05, 4.69) is 25.7 Å². The third-order valence-corrected chi connectivity index (χ3v) is 6.31. The monoisotopic (exact) mass is 514 g/mol. The highest BCUT2D eigenvalue weighted by Crippen LogP contribution is 2.25. The van der Waals surface area contributed by atoms with Crippen molar-refractivity contribution in [1.82, 2.24) is 30.4 Å². The Labute approximate surface area is 222 Å². The van der Waals surface area contributed by atoms with E-state index in [0.29, 0.717) is 18.7 Å². The van der Waals surface area contributed by atoms with Gasteiger partial charge in [-0.1, -0.05) is 67.4 Å². The molecule has 4 rings (SSSR count). The number of aromatic amines is 1. The first-order valence-corrected chi connectivity index (χ1v) is 12.8. The average Bonchev–Trinajstić information content (AvgIpc) is 3.61. The summed E-state index contributed by atoms with van der Waals surface area (Å²) in [4.78, 5) is 32.1. The zero-order chi connectivity index (χ0) is 26.7. The van der Waals surface area contributed by atoms with E-state index in [1.807, 2.05) is 73.9 Å². The van der Waals surface area contributed by atoms with Crippen LogP contribution in [-0.4, -0.2) is 38.8 Å². The minimum Gasteiger partial charge on any atom is -0.445 e. The second-order valence-corrected chi connectivity index (χ2v) is 9.17. The van der Waals surface area contributed by atoms with Crippen molar-refractivity contribution >= 4 is 12.0 Å². The number of hydrogen-bond donors (Lipinski definition) is 3. The zero-order valence-electron chi connectivity index (χ0n) is 21.8. The quantitative estimate of drug-likeness (QED) is 0.227. The largest absolute Gasteiger partial charge is 0.445 e. The number of rotatable bonds is 12. The van der Waals surface area contributed by atoms with E-state index in [-0.39, 0.29) is 18.6 Å². The van der Waals surface area contributed by atoms with Gasteiger partial charge in [-0.05, 0) is 30.0 Å². The first kappa shape index (κ1) is 26.7. The summed E-state index contributed by atoms with van der Waals surface area (Å²) in [5, 5.41) is 10.1. The molecule has 4 aromatic rings. The van der Waals surface area contributed by atoms with Crippen LogP contribution in [0.5, 0.6) is 0 Å². The summed E-state index contributed by atoms with van der Waals surface area (Å²) in [6, 6.07) is 19.3. The molecule has 2 amide bonds. The maximum Gasteiger partial charge on any atom is 0.408 e. The van der Waals surface area contributed by atoms with Crippen molar-refractivity contribution in [1.29, 1.82) is 0 Å². The van der Waals surface area contributed by atoms with Crippen LogP contribution in [-0.2, 0) is 23.2 Å². The van der Waals surface area contributed by atoms with Crippen molar-refractivity contribution in [2.24, 2.45) is 7.05 Å². The number of hydrogen-bond acceptors (Lipinski definition) is 5. The molecule has 2 aromatic carbocycles. The van der Waals surface area contributed by atoms with Gasteiger partial charge < -0.3 is 20.4 Å². The Kier molecular flexibility index (Phi) is 9.28. The van der Waals surface area contributed by atoms with E-state index < -0.39 is 6.09 Å². The first-order valence-electron chi connectivity index (χ1n) is 12.8. The molecule has 2 aromatic heterocycles. The molecule has 1 atom stereocenters. The molecular weight excluding hydrogens is 480 g/mol. The van der Waals surface area contributed by atoms with Crippen LogP contribution in [0.1, 0.15) is 49.5 Å². The van der Waals surface area contributed by atoms with Crippen molar-refractivity contribution in [3.63, 3.8) is 0 Å². The number of nitrogens with one attached hydrogen (secondary N) is 3. The standard InChI is InChI=1S/C29H34N6O3/c1-30-27(36)12-8-4-7-11-25(33-29(37)38-20-21-9-5-3-6-10-21)28-31-19-26(32-28)23-15-13-22(14-16-23)24-17-18-35(2)34-24/h3,5-6,9-10,13-19,25H,4,7-8,11-12,20H2,1-2H3,(H,30,36)(H,31,32)(H,33,37). The van der Waals surface area contributed by atoms with E-state index in [1.54, 1.807) is 17.9 Å². The third-order valence-electron chi connectivity index (χ3n) is 6.31. The van der Waals surface area contributed by atoms with E-state index in [9.17, 15) is 9.59 Å². The molecule has 0 radical (unpaired) electrons. The van der Waals surface area contributed by atoms with Gasteiger partial charge in [-0.15, -0.1) is 0 Å². The highest BCUT2D eigenvalue weighted by atomic mass is 16.5. The predicted octanol–water partition coefficient (Wildman–Crippen LogP) is 5.14. The van der Waals surface area contributed by atoms with Gasteiger partial charge in [0, 0.05) is 32.3 Å². The van der Waals surface area contributed by atoms with Crippen LogP contribution in [0.25, 0.3) is 22.5 Å². The molecule has 9 heteroatoms. The summed E-state index contributed by atoms with van der Waals surface area (Å²) >= 11 is 0. The second kappa shape index (κ2) is 13.2. The van der Waals surface area contributed by atoms with Gasteiger partial charge in [0.1, 0.15) is 12.4 Å². The molecule has 1 unspecified atom stereocenters. The van der Waals surface area contributed by atoms with Gasteiger partial charge in [-0.25, -0.2) is 9.78 Å². The number of unbranched alkanes of at least 4 members (excludes halogenated alkanes) is 2. The van der Waals surface area contributed by atoms with E-state index in [4.69, 9.17) is 4.74 Å². The molecule has 0 aliphatic rings. The highest BCUT2D eigenvalue weighted by molar-refractivity contribution is 5.75. The number of amides is 2. The molecule has 0 aliphatic heterocycles. The van der Waals surface area contributed by atoms with E-state index >= 15 is 0 Å². The van der Waals surface area contributed by atoms with Crippen LogP contribution < -0.4 is 10.6 Å². The Morgan fingerprint density at radius 3 is 2.47 bits per heavy atom. The van der Waals surface area contributed by atoms with Crippen LogP contribution in [0.2, 0.25) is 0 Å². The number of ether oxygens (including phenoxy) is 1. The lowest BCUT2D eigenvalue weighted by atomic mass is 10.1. The van der Waals surface area contributed by atoms with Gasteiger partial charge in [-0.3, -0.25) is 9.48 Å². The van der Waals surface area contributed by atoms with Crippen LogP contribution in [0, 0.1) is 0 Å². The summed E-state index contributed by atoms with van der Waals surface area (Å²) in [6.45, 7) is 0.192. The van der Waals surface area contributed by atoms with Gasteiger partial charge in [-0.2, -0.15) is 5.10 Å². The van der Waals surface area contributed by atoms with Crippen molar-refractivity contribution in [3.8, 4) is 22.5 Å². The van der Waals surface area contributed by atoms with Gasteiger partial charge in [0.15, 0.2) is 0 Å². The Morgan fingerprint density at radius 2 is 1.76 bits per heavy atom. The Balaban J connectivity index is 1.41. The lowest BCUT2D eigenvalue weighted by Crippen LogP contribution is -2.30. The van der Waals surface area contributed by atoms with Gasteiger partial charge in [0.25, 0.3) is 0 Å². The van der Waals surface area contributed by atoms with E-state index in [1.165, 1.54) is 0 Å². The SMILES string of the molecule is CNC(=O)CCCCCC(NC(=O)OCc1ccccc1)c1ncc(-c2ccc(-c3ccn(C)n3)cc2)[nH]1. The first-order chi connectivity index (χ1) is 18.5. The lowest BCUT2D eigenvalue weighted by Gasteiger charge is -2.17. The summed E-state index contributed by atoms with van der Waals surface area (Å²) < 4.78 is 7.23. The highest BCUT2D eigenvalue weighted by Gasteiger charge is 2.19. The molecule has 38 heavy (non-hydrogen) atoms. The topological polar surface area (TPSA) is 114 Å². The van der Waals surface area contributed by atoms with E-state index in [0.717, 1.165) is 47.3 Å². The number of alkyl carbamates (subject to hydrolysis) is 1. The van der Waals surface area contributed by atoms with Crippen molar-refractivity contribution in [3.05, 3.63) is 84.4 Å². The molecule has 9 nitrogen and oxygen atoms in total. The number of imidazole rings is 1. The molecule has 0 fully saturated rings.